The van der Waals surface area contributed by atoms with Crippen molar-refractivity contribution >= 4 is 66.9 Å². The molecule has 0 saturated carbocycles. The van der Waals surface area contributed by atoms with Crippen molar-refractivity contribution in [2.75, 3.05) is 5.75 Å². The second kappa shape index (κ2) is 6.25. The topological polar surface area (TPSA) is 74.7 Å². The second-order valence-electron chi connectivity index (χ2n) is 4.32. The number of hydrogen-bond acceptors (Lipinski definition) is 4. The quantitative estimate of drug-likeness (QED) is 0.789. The number of carboxylic acids is 1. The third-order valence-electron chi connectivity index (χ3n) is 2.94. The first-order chi connectivity index (χ1) is 9.66. The van der Waals surface area contributed by atoms with Crippen LogP contribution in [0.4, 0.5) is 0 Å². The van der Waals surface area contributed by atoms with Gasteiger partial charge in [-0.2, -0.15) is 4.31 Å². The Morgan fingerprint density at radius 3 is 2.43 bits per heavy atom. The van der Waals surface area contributed by atoms with Crippen molar-refractivity contribution in [3.63, 3.8) is 0 Å². The number of rotatable bonds is 3. The molecule has 1 aromatic carbocycles. The average Bonchev–Trinajstić information content (AvgIpc) is 2.69. The molecule has 10 heteroatoms. The molecule has 1 aliphatic heterocycles. The molecule has 2 rings (SSSR count). The number of hydrogen-bond donors (Lipinski definition) is 1. The van der Waals surface area contributed by atoms with Crippen LogP contribution in [0.15, 0.2) is 21.5 Å². The Labute approximate surface area is 144 Å². The fourth-order valence-electron chi connectivity index (χ4n) is 2.05. The molecule has 5 nitrogen and oxygen atoms in total. The van der Waals surface area contributed by atoms with Crippen LogP contribution in [-0.4, -0.2) is 41.0 Å². The Hall–Kier alpha value is 0.01000. The van der Waals surface area contributed by atoms with Crippen LogP contribution in [0.1, 0.15) is 6.92 Å². The number of carboxylic acid groups (broad SMARTS) is 1. The minimum Gasteiger partial charge on any atom is -0.480 e. The van der Waals surface area contributed by atoms with Crippen molar-refractivity contribution in [1.29, 1.82) is 0 Å². The molecule has 0 amide bonds. The summed E-state index contributed by atoms with van der Waals surface area (Å²) in [6.45, 7) is 1.63. The Morgan fingerprint density at radius 2 is 1.95 bits per heavy atom. The molecule has 1 aliphatic rings. The van der Waals surface area contributed by atoms with Gasteiger partial charge in [0, 0.05) is 10.2 Å². The van der Waals surface area contributed by atoms with E-state index in [9.17, 15) is 18.3 Å². The number of carbonyl (C=O) groups is 1. The lowest BCUT2D eigenvalue weighted by Gasteiger charge is -2.25. The summed E-state index contributed by atoms with van der Waals surface area (Å²) < 4.78 is 27.0. The van der Waals surface area contributed by atoms with Crippen molar-refractivity contribution < 1.29 is 18.3 Å². The predicted molar refractivity (Wildman–Crippen MR) is 86.5 cm³/mol. The zero-order chi connectivity index (χ0) is 15.9. The predicted octanol–water partition coefficient (Wildman–Crippen LogP) is 3.29. The molecule has 116 valence electrons. The van der Waals surface area contributed by atoms with Crippen LogP contribution >= 0.6 is 50.9 Å². The van der Waals surface area contributed by atoms with Crippen LogP contribution in [0.5, 0.6) is 0 Å². The van der Waals surface area contributed by atoms with Crippen molar-refractivity contribution in [2.24, 2.45) is 0 Å². The normalized spacial score (nSPS) is 23.4. The molecule has 0 radical (unpaired) electrons. The van der Waals surface area contributed by atoms with Gasteiger partial charge in [0.1, 0.15) is 10.9 Å². The van der Waals surface area contributed by atoms with Gasteiger partial charge in [0.2, 0.25) is 10.0 Å². The summed E-state index contributed by atoms with van der Waals surface area (Å²) in [7, 11) is -4.11. The van der Waals surface area contributed by atoms with Crippen molar-refractivity contribution in [3.05, 3.63) is 26.7 Å². The van der Waals surface area contributed by atoms with Crippen molar-refractivity contribution in [1.82, 2.24) is 4.31 Å². The molecule has 0 aromatic heterocycles. The van der Waals surface area contributed by atoms with E-state index in [1.807, 2.05) is 0 Å². The summed E-state index contributed by atoms with van der Waals surface area (Å²) in [5.74, 6) is -1.01. The fourth-order valence-corrected chi connectivity index (χ4v) is 7.23. The van der Waals surface area contributed by atoms with E-state index in [4.69, 9.17) is 23.2 Å². The summed E-state index contributed by atoms with van der Waals surface area (Å²) in [6.07, 6.45) is 0. The van der Waals surface area contributed by atoms with E-state index in [2.05, 4.69) is 15.9 Å². The van der Waals surface area contributed by atoms with Gasteiger partial charge in [-0.05, 0) is 19.1 Å². The molecular formula is C11H10BrCl2NO4S2. The van der Waals surface area contributed by atoms with Gasteiger partial charge < -0.3 is 5.11 Å². The first-order valence-corrected chi connectivity index (χ1v) is 9.72. The van der Waals surface area contributed by atoms with Gasteiger partial charge in [0.25, 0.3) is 0 Å². The maximum absolute atomic E-state index is 12.8. The lowest BCUT2D eigenvalue weighted by Crippen LogP contribution is -2.44. The van der Waals surface area contributed by atoms with E-state index >= 15 is 0 Å². The monoisotopic (exact) mass is 433 g/mol. The first-order valence-electron chi connectivity index (χ1n) is 5.68. The summed E-state index contributed by atoms with van der Waals surface area (Å²) >= 11 is 16.4. The minimum atomic E-state index is -4.11. The maximum atomic E-state index is 12.8. The van der Waals surface area contributed by atoms with E-state index < -0.39 is 27.4 Å². The molecule has 0 bridgehead atoms. The van der Waals surface area contributed by atoms with Crippen LogP contribution in [0, 0.1) is 0 Å². The maximum Gasteiger partial charge on any atom is 0.322 e. The van der Waals surface area contributed by atoms with E-state index in [1.54, 1.807) is 6.92 Å². The van der Waals surface area contributed by atoms with Crippen LogP contribution < -0.4 is 0 Å². The van der Waals surface area contributed by atoms with Crippen LogP contribution in [-0.2, 0) is 14.8 Å². The van der Waals surface area contributed by atoms with Gasteiger partial charge in [-0.25, -0.2) is 8.42 Å². The molecule has 1 saturated heterocycles. The lowest BCUT2D eigenvalue weighted by molar-refractivity contribution is -0.140. The van der Waals surface area contributed by atoms with E-state index in [0.29, 0.717) is 4.47 Å². The van der Waals surface area contributed by atoms with Crippen LogP contribution in [0.25, 0.3) is 0 Å². The summed E-state index contributed by atoms with van der Waals surface area (Å²) in [5, 5.41) is 8.59. The van der Waals surface area contributed by atoms with Gasteiger partial charge in [0.15, 0.2) is 0 Å². The van der Waals surface area contributed by atoms with E-state index in [1.165, 1.54) is 23.9 Å². The fraction of sp³-hybridized carbons (Fsp3) is 0.364. The number of halogens is 3. The minimum absolute atomic E-state index is 0.0531. The Bertz CT molecular complexity index is 674. The number of thioether (sulfide) groups is 1. The van der Waals surface area contributed by atoms with Crippen LogP contribution in [0.3, 0.4) is 0 Å². The zero-order valence-electron chi connectivity index (χ0n) is 10.6. The second-order valence-corrected chi connectivity index (χ2v) is 9.18. The summed E-state index contributed by atoms with van der Waals surface area (Å²) in [5.41, 5.74) is 0. The Kier molecular flexibility index (Phi) is 5.17. The molecule has 21 heavy (non-hydrogen) atoms. The molecule has 0 aliphatic carbocycles. The molecular weight excluding hydrogens is 425 g/mol. The SMILES string of the molecule is CC1SCC(C(=O)O)N1S(=O)(=O)c1c(Cl)cc(Br)cc1Cl. The standard InChI is InChI=1S/C11H10BrCl2NO4S2/c1-5-15(9(4-20-5)11(16)17)21(18,19)10-7(13)2-6(12)3-8(10)14/h2-3,5,9H,4H2,1H3,(H,16,17). The van der Waals surface area contributed by atoms with E-state index in [0.717, 1.165) is 4.31 Å². The number of nitrogens with zero attached hydrogens (tertiary/aromatic N) is 1. The highest BCUT2D eigenvalue weighted by Crippen LogP contribution is 2.40. The van der Waals surface area contributed by atoms with Crippen molar-refractivity contribution in [3.8, 4) is 0 Å². The summed E-state index contributed by atoms with van der Waals surface area (Å²) in [6, 6.07) is 1.68. The van der Waals surface area contributed by atoms with Gasteiger partial charge in [0.05, 0.1) is 15.4 Å². The number of aliphatic carboxylic acids is 1. The van der Waals surface area contributed by atoms with Gasteiger partial charge in [-0.15, -0.1) is 11.8 Å². The smallest absolute Gasteiger partial charge is 0.322 e. The molecule has 0 spiro atoms. The Balaban J connectivity index is 2.59. The highest BCUT2D eigenvalue weighted by molar-refractivity contribution is 9.10. The average molecular weight is 435 g/mol. The number of sulfonamides is 1. The summed E-state index contributed by atoms with van der Waals surface area (Å²) in [4.78, 5) is 11.0. The first kappa shape index (κ1) is 17.4. The molecule has 1 heterocycles. The lowest BCUT2D eigenvalue weighted by atomic mass is 10.3. The third-order valence-corrected chi connectivity index (χ3v) is 7.66. The van der Waals surface area contributed by atoms with Crippen LogP contribution in [0.2, 0.25) is 10.0 Å². The van der Waals surface area contributed by atoms with Gasteiger partial charge in [-0.1, -0.05) is 39.1 Å². The zero-order valence-corrected chi connectivity index (χ0v) is 15.3. The third kappa shape index (κ3) is 3.20. The molecule has 2 atom stereocenters. The molecule has 1 fully saturated rings. The molecule has 1 N–H and O–H groups in total. The number of benzene rings is 1. The molecule has 2 unspecified atom stereocenters. The Morgan fingerprint density at radius 1 is 1.43 bits per heavy atom. The molecule has 1 aromatic rings. The largest absolute Gasteiger partial charge is 0.480 e. The highest BCUT2D eigenvalue weighted by Gasteiger charge is 2.45. The van der Waals surface area contributed by atoms with Gasteiger partial charge in [-0.3, -0.25) is 4.79 Å². The highest BCUT2D eigenvalue weighted by atomic mass is 79.9. The van der Waals surface area contributed by atoms with E-state index in [-0.39, 0.29) is 20.7 Å². The van der Waals surface area contributed by atoms with Crippen molar-refractivity contribution in [2.45, 2.75) is 23.2 Å². The van der Waals surface area contributed by atoms with Gasteiger partial charge >= 0.3 is 5.97 Å².